The van der Waals surface area contributed by atoms with Gasteiger partial charge in [0.05, 0.1) is 30.3 Å². The van der Waals surface area contributed by atoms with E-state index in [1.165, 1.54) is 19.2 Å². The van der Waals surface area contributed by atoms with E-state index in [1.54, 1.807) is 10.9 Å². The highest BCUT2D eigenvalue weighted by Gasteiger charge is 2.21. The van der Waals surface area contributed by atoms with E-state index in [-0.39, 0.29) is 18.2 Å². The van der Waals surface area contributed by atoms with Crippen molar-refractivity contribution in [2.75, 3.05) is 19.8 Å². The van der Waals surface area contributed by atoms with E-state index in [1.807, 2.05) is 18.2 Å². The van der Waals surface area contributed by atoms with E-state index in [0.717, 1.165) is 16.5 Å². The number of alkyl halides is 1. The Morgan fingerprint density at radius 3 is 2.94 bits per heavy atom. The summed E-state index contributed by atoms with van der Waals surface area (Å²) in [5.74, 6) is 6.22. The fourth-order valence-corrected chi connectivity index (χ4v) is 3.23. The molecular weight excluding hydrogens is 397 g/mol. The Morgan fingerprint density at radius 2 is 2.19 bits per heavy atom. The van der Waals surface area contributed by atoms with E-state index >= 15 is 0 Å². The summed E-state index contributed by atoms with van der Waals surface area (Å²) in [6, 6.07) is 5.94. The minimum Gasteiger partial charge on any atom is -0.502 e. The molecule has 8 heteroatoms. The molecule has 0 bridgehead atoms. The molecule has 3 N–H and O–H groups in total. The second-order valence-corrected chi connectivity index (χ2v) is 7.20. The quantitative estimate of drug-likeness (QED) is 0.309. The third kappa shape index (κ3) is 5.58. The second kappa shape index (κ2) is 10.5. The maximum atomic E-state index is 12.5. The van der Waals surface area contributed by atoms with Crippen LogP contribution in [0.3, 0.4) is 0 Å². The Morgan fingerprint density at radius 1 is 1.39 bits per heavy atom. The van der Waals surface area contributed by atoms with E-state index in [9.17, 15) is 14.3 Å². The van der Waals surface area contributed by atoms with Crippen LogP contribution in [0.5, 0.6) is 5.75 Å². The predicted molar refractivity (Wildman–Crippen MR) is 119 cm³/mol. The fourth-order valence-electron chi connectivity index (χ4n) is 3.23. The molecule has 1 aliphatic rings. The van der Waals surface area contributed by atoms with Gasteiger partial charge in [-0.15, -0.1) is 13.2 Å². The summed E-state index contributed by atoms with van der Waals surface area (Å²) in [6.07, 6.45) is 5.41. The van der Waals surface area contributed by atoms with Crippen molar-refractivity contribution in [2.45, 2.75) is 25.3 Å². The molecule has 2 aromatic heterocycles. The van der Waals surface area contributed by atoms with Gasteiger partial charge in [0, 0.05) is 35.9 Å². The number of aromatic hydroxyl groups is 1. The molecule has 0 saturated heterocycles. The first-order valence-electron chi connectivity index (χ1n) is 10.2. The van der Waals surface area contributed by atoms with E-state index in [0.29, 0.717) is 19.0 Å². The number of H-pyrrole nitrogens is 1. The molecule has 162 valence electrons. The van der Waals surface area contributed by atoms with Crippen molar-refractivity contribution in [3.63, 3.8) is 0 Å². The smallest absolute Gasteiger partial charge is 0.293 e. The van der Waals surface area contributed by atoms with Crippen LogP contribution >= 0.6 is 0 Å². The molecule has 1 aliphatic carbocycles. The van der Waals surface area contributed by atoms with Gasteiger partial charge in [-0.2, -0.15) is 5.10 Å². The number of fused-ring (bicyclic) bond motifs is 1. The molecule has 7 nitrogen and oxygen atoms in total. The topological polar surface area (TPSA) is 95.8 Å². The van der Waals surface area contributed by atoms with Gasteiger partial charge in [-0.25, -0.2) is 9.37 Å². The number of rotatable bonds is 7. The molecule has 1 atom stereocenters. The van der Waals surface area contributed by atoms with Crippen LogP contribution in [-0.2, 0) is 6.54 Å². The van der Waals surface area contributed by atoms with Crippen molar-refractivity contribution in [1.29, 1.82) is 0 Å². The third-order valence-corrected chi connectivity index (χ3v) is 4.94. The van der Waals surface area contributed by atoms with Gasteiger partial charge in [0.2, 0.25) is 5.75 Å². The van der Waals surface area contributed by atoms with Gasteiger partial charge in [0.15, 0.2) is 0 Å². The van der Waals surface area contributed by atoms with Crippen molar-refractivity contribution in [2.24, 2.45) is 5.92 Å². The molecule has 1 fully saturated rings. The highest BCUT2D eigenvalue weighted by atomic mass is 19.1. The molecule has 0 aliphatic heterocycles. The molecular formula is C23H26FN5O2. The lowest BCUT2D eigenvalue weighted by Gasteiger charge is -2.18. The lowest BCUT2D eigenvalue weighted by atomic mass is 10.0. The first-order valence-corrected chi connectivity index (χ1v) is 10.2. The molecule has 1 aromatic carbocycles. The van der Waals surface area contributed by atoms with Crippen LogP contribution in [0.15, 0.2) is 48.7 Å². The van der Waals surface area contributed by atoms with Crippen LogP contribution in [0.1, 0.15) is 30.0 Å². The summed E-state index contributed by atoms with van der Waals surface area (Å²) in [7, 11) is 0. The zero-order valence-electron chi connectivity index (χ0n) is 17.3. The average molecular weight is 423 g/mol. The fraction of sp³-hybridized carbons (Fsp3) is 0.348. The Bertz CT molecular complexity index is 1140. The van der Waals surface area contributed by atoms with Gasteiger partial charge in [0.1, 0.15) is 6.67 Å². The Kier molecular flexibility index (Phi) is 7.57. The van der Waals surface area contributed by atoms with Crippen LogP contribution in [0.2, 0.25) is 0 Å². The highest BCUT2D eigenvalue weighted by Crippen LogP contribution is 2.28. The molecule has 1 unspecified atom stereocenters. The van der Waals surface area contributed by atoms with E-state index < -0.39 is 18.0 Å². The molecule has 3 aromatic rings. The minimum atomic E-state index is -0.602. The molecule has 2 heterocycles. The number of aromatic amines is 1. The summed E-state index contributed by atoms with van der Waals surface area (Å²) < 4.78 is 14.3. The normalized spacial score (nSPS) is 13.7. The maximum Gasteiger partial charge on any atom is 0.293 e. The summed E-state index contributed by atoms with van der Waals surface area (Å²) in [6.45, 7) is 6.40. The van der Waals surface area contributed by atoms with Gasteiger partial charge < -0.3 is 15.4 Å². The van der Waals surface area contributed by atoms with Crippen LogP contribution in [0, 0.1) is 17.8 Å². The standard InChI is InChI=1S/C21H22FN5O2.C2H4/c22-7-8-23-10-17(19-20(28)21(29)25-13-24-19)12-27-18-6-5-15(4-3-14-1-2-14)9-16(18)11-26-27;1-2/h5-6,9,11,13-14,17,23,28H,1-2,7-8,10,12H2,(H,24,25,29);1-2H2. The van der Waals surface area contributed by atoms with Crippen LogP contribution < -0.4 is 10.9 Å². The lowest BCUT2D eigenvalue weighted by molar-refractivity contribution is 0.410. The molecule has 31 heavy (non-hydrogen) atoms. The van der Waals surface area contributed by atoms with Crippen molar-refractivity contribution in [3.8, 4) is 17.6 Å². The zero-order valence-corrected chi connectivity index (χ0v) is 17.3. The van der Waals surface area contributed by atoms with Gasteiger partial charge in [-0.1, -0.05) is 11.8 Å². The molecule has 0 amide bonds. The zero-order chi connectivity index (χ0) is 22.2. The second-order valence-electron chi connectivity index (χ2n) is 7.20. The van der Waals surface area contributed by atoms with Gasteiger partial charge in [-0.3, -0.25) is 9.48 Å². The Labute approximate surface area is 180 Å². The number of benzene rings is 1. The average Bonchev–Trinajstić information content (AvgIpc) is 3.55. The van der Waals surface area contributed by atoms with Crippen molar-refractivity contribution < 1.29 is 9.50 Å². The lowest BCUT2D eigenvalue weighted by Crippen LogP contribution is -2.28. The number of aromatic nitrogens is 4. The number of hydrogen-bond acceptors (Lipinski definition) is 5. The summed E-state index contributed by atoms with van der Waals surface area (Å²) in [5, 5.41) is 18.6. The van der Waals surface area contributed by atoms with Crippen LogP contribution in [0.4, 0.5) is 4.39 Å². The largest absolute Gasteiger partial charge is 0.502 e. The molecule has 1 saturated carbocycles. The summed E-state index contributed by atoms with van der Waals surface area (Å²) in [5.41, 5.74) is 1.53. The minimum absolute atomic E-state index is 0.184. The molecule has 4 rings (SSSR count). The van der Waals surface area contributed by atoms with Gasteiger partial charge in [-0.05, 0) is 31.0 Å². The first kappa shape index (κ1) is 22.2. The molecule has 0 spiro atoms. The SMILES string of the molecule is C=C.O=c1[nH]cnc(C(CNCCF)Cn2ncc3cc(C#CC4CC4)ccc32)c1O. The maximum absolute atomic E-state index is 12.5. The van der Waals surface area contributed by atoms with Crippen molar-refractivity contribution in [3.05, 3.63) is 65.5 Å². The Balaban J connectivity index is 0.00000132. The van der Waals surface area contributed by atoms with Crippen LogP contribution in [-0.4, -0.2) is 44.6 Å². The van der Waals surface area contributed by atoms with Crippen molar-refractivity contribution >= 4 is 10.9 Å². The summed E-state index contributed by atoms with van der Waals surface area (Å²) in [4.78, 5) is 18.3. The molecule has 0 radical (unpaired) electrons. The number of hydrogen-bond donors (Lipinski definition) is 3. The van der Waals surface area contributed by atoms with Crippen molar-refractivity contribution in [1.82, 2.24) is 25.1 Å². The van der Waals surface area contributed by atoms with Gasteiger partial charge >= 0.3 is 0 Å². The van der Waals surface area contributed by atoms with Crippen LogP contribution in [0.25, 0.3) is 10.9 Å². The highest BCUT2D eigenvalue weighted by molar-refractivity contribution is 5.80. The number of nitrogens with one attached hydrogen (secondary N) is 2. The number of nitrogens with zero attached hydrogens (tertiary/aromatic N) is 3. The third-order valence-electron chi connectivity index (χ3n) is 4.94. The first-order chi connectivity index (χ1) is 15.2. The monoisotopic (exact) mass is 423 g/mol. The predicted octanol–water partition coefficient (Wildman–Crippen LogP) is 2.73. The number of halogens is 1. The van der Waals surface area contributed by atoms with E-state index in [2.05, 4.69) is 45.4 Å². The van der Waals surface area contributed by atoms with Gasteiger partial charge in [0.25, 0.3) is 5.56 Å². The van der Waals surface area contributed by atoms with E-state index in [4.69, 9.17) is 0 Å². The summed E-state index contributed by atoms with van der Waals surface area (Å²) >= 11 is 0. The Hall–Kier alpha value is -3.44.